The molecule has 0 unspecified atom stereocenters. The number of nitrogens with one attached hydrogen (secondary N) is 1. The first-order valence-corrected chi connectivity index (χ1v) is 10.9. The Morgan fingerprint density at radius 1 is 1.06 bits per heavy atom. The molecule has 7 nitrogen and oxygen atoms in total. The maximum atomic E-state index is 12.9. The van der Waals surface area contributed by atoms with Crippen LogP contribution in [0.3, 0.4) is 0 Å². The van der Waals surface area contributed by atoms with Crippen molar-refractivity contribution in [3.8, 4) is 5.75 Å². The number of hydrogen-bond acceptors (Lipinski definition) is 7. The first-order valence-electron chi connectivity index (χ1n) is 10.9. The van der Waals surface area contributed by atoms with Crippen LogP contribution in [0.1, 0.15) is 41.8 Å². The molecule has 3 rings (SSSR count). The molecule has 2 aromatic rings. The number of rotatable bonds is 3. The number of phenolic OH excluding ortho intramolecular Hbond substituents is 1. The number of carbonyl (C=O) groups excluding carboxylic acids is 2. The molecule has 7 heteroatoms. The zero-order valence-electron chi connectivity index (χ0n) is 18.6. The van der Waals surface area contributed by atoms with Crippen LogP contribution in [0.5, 0.6) is 5.75 Å². The smallest absolute Gasteiger partial charge is 0.342 e. The van der Waals surface area contributed by atoms with Crippen molar-refractivity contribution < 1.29 is 29.6 Å². The van der Waals surface area contributed by atoms with Gasteiger partial charge < -0.3 is 25.4 Å². The minimum Gasteiger partial charge on any atom is -0.507 e. The molecule has 0 bridgehead atoms. The Bertz CT molecular complexity index is 1050. The topological polar surface area (TPSA) is 116 Å². The summed E-state index contributed by atoms with van der Waals surface area (Å²) >= 11 is 0. The molecule has 1 aliphatic rings. The number of phenols is 1. The van der Waals surface area contributed by atoms with Crippen LogP contribution in [-0.4, -0.2) is 45.4 Å². The number of anilines is 1. The summed E-state index contributed by atoms with van der Waals surface area (Å²) < 4.78 is 5.54. The second-order valence-corrected chi connectivity index (χ2v) is 8.18. The summed E-state index contributed by atoms with van der Waals surface area (Å²) in [5.74, 6) is -1.89. The largest absolute Gasteiger partial charge is 0.507 e. The van der Waals surface area contributed by atoms with Gasteiger partial charge in [0.1, 0.15) is 23.5 Å². The van der Waals surface area contributed by atoms with Crippen LogP contribution in [0.25, 0.3) is 6.08 Å². The van der Waals surface area contributed by atoms with Crippen LogP contribution in [0.15, 0.2) is 60.7 Å². The van der Waals surface area contributed by atoms with Crippen LogP contribution < -0.4 is 5.32 Å². The van der Waals surface area contributed by atoms with Crippen LogP contribution in [0.2, 0.25) is 0 Å². The van der Waals surface area contributed by atoms with E-state index in [0.717, 1.165) is 5.56 Å². The highest BCUT2D eigenvalue weighted by Gasteiger charge is 2.25. The highest BCUT2D eigenvalue weighted by molar-refractivity contribution is 5.97. The number of aliphatic hydroxyl groups excluding tert-OH is 2. The number of cyclic esters (lactones) is 1. The van der Waals surface area contributed by atoms with E-state index < -0.39 is 30.1 Å². The third-order valence-corrected chi connectivity index (χ3v) is 5.62. The Balaban J connectivity index is 1.95. The van der Waals surface area contributed by atoms with Crippen LogP contribution >= 0.6 is 0 Å². The summed E-state index contributed by atoms with van der Waals surface area (Å²) in [5.41, 5.74) is 2.03. The van der Waals surface area contributed by atoms with Gasteiger partial charge in [0.05, 0.1) is 6.10 Å². The van der Waals surface area contributed by atoms with Gasteiger partial charge in [0.2, 0.25) is 0 Å². The second-order valence-electron chi connectivity index (χ2n) is 8.18. The summed E-state index contributed by atoms with van der Waals surface area (Å²) in [7, 11) is 0. The molecule has 0 radical (unpaired) electrons. The minimum absolute atomic E-state index is 0.00251. The van der Waals surface area contributed by atoms with E-state index in [1.807, 2.05) is 30.3 Å². The van der Waals surface area contributed by atoms with E-state index >= 15 is 0 Å². The third kappa shape index (κ3) is 6.31. The number of fused-ring (bicyclic) bond motifs is 1. The molecular formula is C26H29NO6. The monoisotopic (exact) mass is 451 g/mol. The number of esters is 1. The number of ether oxygens (including phenoxy) is 1. The Labute approximate surface area is 193 Å². The van der Waals surface area contributed by atoms with Crippen molar-refractivity contribution in [2.75, 3.05) is 5.32 Å². The van der Waals surface area contributed by atoms with E-state index in [-0.39, 0.29) is 23.7 Å². The fourth-order valence-corrected chi connectivity index (χ4v) is 3.39. The van der Waals surface area contributed by atoms with Crippen molar-refractivity contribution in [1.29, 1.82) is 0 Å². The van der Waals surface area contributed by atoms with Gasteiger partial charge >= 0.3 is 5.97 Å². The van der Waals surface area contributed by atoms with Gasteiger partial charge in [-0.3, -0.25) is 4.79 Å². The molecule has 4 atom stereocenters. The lowest BCUT2D eigenvalue weighted by atomic mass is 9.99. The highest BCUT2D eigenvalue weighted by atomic mass is 16.5. The molecule has 2 aromatic carbocycles. The first kappa shape index (κ1) is 24.2. The van der Waals surface area contributed by atoms with E-state index in [1.165, 1.54) is 24.3 Å². The lowest BCUT2D eigenvalue weighted by Gasteiger charge is -2.20. The van der Waals surface area contributed by atoms with E-state index in [1.54, 1.807) is 26.0 Å². The SMILES string of the molecule is C[C@@H]1/C=C\C(=O)[C@@H](O)[C@@H](O)C/C=C/c2cc(NCc3ccccc3)cc(O)c2C(=O)O[C@H]1C. The molecule has 0 amide bonds. The van der Waals surface area contributed by atoms with Gasteiger partial charge in [0, 0.05) is 24.2 Å². The molecule has 0 spiro atoms. The zero-order chi connectivity index (χ0) is 24.0. The van der Waals surface area contributed by atoms with Gasteiger partial charge in [0.25, 0.3) is 0 Å². The Morgan fingerprint density at radius 3 is 2.52 bits per heavy atom. The fraction of sp³-hybridized carbons (Fsp3) is 0.308. The molecule has 0 aliphatic carbocycles. The first-order chi connectivity index (χ1) is 15.8. The van der Waals surface area contributed by atoms with Crippen molar-refractivity contribution in [3.05, 3.63) is 77.4 Å². The fourth-order valence-electron chi connectivity index (χ4n) is 3.39. The quantitative estimate of drug-likeness (QED) is 0.528. The van der Waals surface area contributed by atoms with E-state index in [4.69, 9.17) is 4.74 Å². The standard InChI is InChI=1S/C26H29NO6/c1-16-11-12-22(29)25(31)21(28)10-6-9-19-13-20(27-15-18-7-4-3-5-8-18)14-23(30)24(19)26(32)33-17(16)2/h3-9,11-14,16-17,21,25,27-28,30-31H,10,15H2,1-2H3/b9-6+,12-11-/t16-,17+,21+,25+/m1/s1. The maximum Gasteiger partial charge on any atom is 0.342 e. The van der Waals surface area contributed by atoms with E-state index in [0.29, 0.717) is 17.8 Å². The average Bonchev–Trinajstić information content (AvgIpc) is 2.80. The van der Waals surface area contributed by atoms with Crippen LogP contribution in [0, 0.1) is 5.92 Å². The predicted octanol–water partition coefficient (Wildman–Crippen LogP) is 3.45. The van der Waals surface area contributed by atoms with Crippen molar-refractivity contribution >= 4 is 23.5 Å². The lowest BCUT2D eigenvalue weighted by molar-refractivity contribution is -0.127. The Hall–Kier alpha value is -3.42. The van der Waals surface area contributed by atoms with Gasteiger partial charge in [0.15, 0.2) is 5.78 Å². The van der Waals surface area contributed by atoms with Crippen molar-refractivity contribution in [2.45, 2.75) is 45.1 Å². The zero-order valence-corrected chi connectivity index (χ0v) is 18.6. The molecular weight excluding hydrogens is 422 g/mol. The number of hydrogen-bond donors (Lipinski definition) is 4. The lowest BCUT2D eigenvalue weighted by Crippen LogP contribution is -2.32. The molecule has 1 aliphatic heterocycles. The summed E-state index contributed by atoms with van der Waals surface area (Å²) in [4.78, 5) is 25.0. The number of aromatic hydroxyl groups is 1. The highest BCUT2D eigenvalue weighted by Crippen LogP contribution is 2.30. The van der Waals surface area contributed by atoms with Gasteiger partial charge in [-0.2, -0.15) is 0 Å². The maximum absolute atomic E-state index is 12.9. The molecule has 0 saturated heterocycles. The van der Waals surface area contributed by atoms with E-state index in [9.17, 15) is 24.9 Å². The van der Waals surface area contributed by atoms with Crippen LogP contribution in [-0.2, 0) is 16.1 Å². The molecule has 33 heavy (non-hydrogen) atoms. The van der Waals surface area contributed by atoms with Crippen molar-refractivity contribution in [1.82, 2.24) is 0 Å². The van der Waals surface area contributed by atoms with Crippen LogP contribution in [0.4, 0.5) is 5.69 Å². The van der Waals surface area contributed by atoms with Gasteiger partial charge in [-0.25, -0.2) is 4.79 Å². The Morgan fingerprint density at radius 2 is 1.79 bits per heavy atom. The normalized spacial score (nSPS) is 25.9. The van der Waals surface area contributed by atoms with Crippen molar-refractivity contribution in [2.24, 2.45) is 5.92 Å². The van der Waals surface area contributed by atoms with Gasteiger partial charge in [-0.15, -0.1) is 0 Å². The van der Waals surface area contributed by atoms with Gasteiger partial charge in [-0.05, 0) is 36.6 Å². The second kappa shape index (κ2) is 10.9. The molecule has 0 fully saturated rings. The summed E-state index contributed by atoms with van der Waals surface area (Å²) in [5, 5.41) is 34.2. The number of carbonyl (C=O) groups is 2. The number of aliphatic hydroxyl groups is 2. The average molecular weight is 452 g/mol. The summed E-state index contributed by atoms with van der Waals surface area (Å²) in [6.45, 7) is 3.95. The summed E-state index contributed by atoms with van der Waals surface area (Å²) in [6.07, 6.45) is 2.31. The predicted molar refractivity (Wildman–Crippen MR) is 126 cm³/mol. The van der Waals surface area contributed by atoms with Gasteiger partial charge in [-0.1, -0.05) is 55.5 Å². The Kier molecular flexibility index (Phi) is 8.03. The minimum atomic E-state index is -1.56. The molecule has 1 heterocycles. The third-order valence-electron chi connectivity index (χ3n) is 5.62. The molecule has 174 valence electrons. The summed E-state index contributed by atoms with van der Waals surface area (Å²) in [6, 6.07) is 12.9. The molecule has 0 saturated carbocycles. The number of ketones is 1. The number of benzene rings is 2. The molecule has 4 N–H and O–H groups in total. The van der Waals surface area contributed by atoms with E-state index in [2.05, 4.69) is 5.32 Å². The molecule has 0 aromatic heterocycles. The van der Waals surface area contributed by atoms with Crippen molar-refractivity contribution in [3.63, 3.8) is 0 Å².